The lowest BCUT2D eigenvalue weighted by atomic mass is 10.5. The second-order valence-corrected chi connectivity index (χ2v) is 4.60. The van der Waals surface area contributed by atoms with Crippen LogP contribution in [-0.4, -0.2) is 37.8 Å². The number of sulfonamides is 1. The topological polar surface area (TPSA) is 117 Å². The Labute approximate surface area is 91.7 Å². The van der Waals surface area contributed by atoms with Gasteiger partial charge in [-0.25, -0.2) is 17.9 Å². The maximum absolute atomic E-state index is 11.5. The lowest BCUT2D eigenvalue weighted by Crippen LogP contribution is -2.24. The summed E-state index contributed by atoms with van der Waals surface area (Å²) in [6.07, 6.45) is 0.270. The fourth-order valence-corrected chi connectivity index (χ4v) is 1.94. The predicted molar refractivity (Wildman–Crippen MR) is 52.6 cm³/mol. The van der Waals surface area contributed by atoms with Gasteiger partial charge in [-0.3, -0.25) is 0 Å². The summed E-state index contributed by atoms with van der Waals surface area (Å²) < 4.78 is 29.7. The van der Waals surface area contributed by atoms with Gasteiger partial charge in [-0.2, -0.15) is 0 Å². The van der Waals surface area contributed by atoms with E-state index in [9.17, 15) is 13.2 Å². The van der Waals surface area contributed by atoms with Crippen molar-refractivity contribution in [1.29, 1.82) is 0 Å². The fraction of sp³-hybridized carbons (Fsp3) is 0.375. The third-order valence-electron chi connectivity index (χ3n) is 1.68. The number of carbonyl (C=O) groups is 1. The Hall–Kier alpha value is -1.38. The van der Waals surface area contributed by atoms with Crippen molar-refractivity contribution in [1.82, 2.24) is 4.72 Å². The number of furan rings is 1. The van der Waals surface area contributed by atoms with E-state index < -0.39 is 26.8 Å². The van der Waals surface area contributed by atoms with Crippen LogP contribution < -0.4 is 4.72 Å². The molecule has 0 atom stereocenters. The number of nitrogens with one attached hydrogen (secondary N) is 1. The van der Waals surface area contributed by atoms with Crippen molar-refractivity contribution in [3.63, 3.8) is 0 Å². The summed E-state index contributed by atoms with van der Waals surface area (Å²) in [5.41, 5.74) is 0. The van der Waals surface area contributed by atoms with Crippen LogP contribution in [0.2, 0.25) is 0 Å². The van der Waals surface area contributed by atoms with E-state index in [1.807, 2.05) is 0 Å². The molecule has 0 radical (unpaired) electrons. The normalized spacial score (nSPS) is 11.6. The van der Waals surface area contributed by atoms with Crippen molar-refractivity contribution in [2.45, 2.75) is 11.5 Å². The van der Waals surface area contributed by atoms with Crippen LogP contribution in [0.3, 0.4) is 0 Å². The van der Waals surface area contributed by atoms with Gasteiger partial charge in [0, 0.05) is 13.2 Å². The largest absolute Gasteiger partial charge is 0.475 e. The molecule has 1 heterocycles. The summed E-state index contributed by atoms with van der Waals surface area (Å²) in [7, 11) is -3.84. The van der Waals surface area contributed by atoms with Gasteiger partial charge in [0.05, 0.1) is 0 Å². The molecule has 0 saturated heterocycles. The van der Waals surface area contributed by atoms with E-state index in [2.05, 4.69) is 9.14 Å². The minimum absolute atomic E-state index is 0.0575. The van der Waals surface area contributed by atoms with Crippen molar-refractivity contribution in [2.75, 3.05) is 13.2 Å². The molecule has 0 aliphatic heterocycles. The van der Waals surface area contributed by atoms with E-state index in [0.29, 0.717) is 0 Å². The van der Waals surface area contributed by atoms with Gasteiger partial charge >= 0.3 is 5.97 Å². The van der Waals surface area contributed by atoms with E-state index in [1.54, 1.807) is 0 Å². The van der Waals surface area contributed by atoms with Gasteiger partial charge in [-0.15, -0.1) is 0 Å². The quantitative estimate of drug-likeness (QED) is 0.593. The lowest BCUT2D eigenvalue weighted by Gasteiger charge is -2.01. The van der Waals surface area contributed by atoms with Crippen LogP contribution in [-0.2, 0) is 10.0 Å². The summed E-state index contributed by atoms with van der Waals surface area (Å²) in [6, 6.07) is 2.12. The number of hydrogen-bond acceptors (Lipinski definition) is 5. The van der Waals surface area contributed by atoms with Crippen LogP contribution in [0, 0.1) is 0 Å². The molecule has 16 heavy (non-hydrogen) atoms. The maximum Gasteiger partial charge on any atom is 0.371 e. The molecule has 0 aliphatic carbocycles. The average Bonchev–Trinajstić information content (AvgIpc) is 2.67. The Balaban J connectivity index is 2.78. The molecule has 3 N–H and O–H groups in total. The van der Waals surface area contributed by atoms with E-state index >= 15 is 0 Å². The third kappa shape index (κ3) is 3.05. The number of aromatic carboxylic acids is 1. The molecule has 0 amide bonds. The molecule has 7 nitrogen and oxygen atoms in total. The zero-order valence-electron chi connectivity index (χ0n) is 8.21. The lowest BCUT2D eigenvalue weighted by molar-refractivity contribution is 0.0656. The average molecular weight is 249 g/mol. The molecule has 1 aromatic rings. The summed E-state index contributed by atoms with van der Waals surface area (Å²) in [6.45, 7) is -0.0804. The van der Waals surface area contributed by atoms with Crippen molar-refractivity contribution in [3.05, 3.63) is 17.9 Å². The van der Waals surface area contributed by atoms with Crippen molar-refractivity contribution < 1.29 is 27.8 Å². The molecule has 0 unspecified atom stereocenters. The standard InChI is InChI=1S/C8H11NO6S/c10-5-1-4-9-16(13,14)7-3-2-6(15-7)8(11)12/h2-3,9-10H,1,4-5H2,(H,11,12). The molecule has 0 saturated carbocycles. The first-order chi connectivity index (χ1) is 7.47. The molecular weight excluding hydrogens is 238 g/mol. The smallest absolute Gasteiger partial charge is 0.371 e. The van der Waals surface area contributed by atoms with Crippen LogP contribution in [0.15, 0.2) is 21.6 Å². The summed E-state index contributed by atoms with van der Waals surface area (Å²) in [5, 5.41) is 16.6. The SMILES string of the molecule is O=C(O)c1ccc(S(=O)(=O)NCCCO)o1. The molecule has 1 aromatic heterocycles. The zero-order valence-corrected chi connectivity index (χ0v) is 9.03. The molecule has 0 aromatic carbocycles. The number of hydrogen-bond donors (Lipinski definition) is 3. The number of carboxylic acids is 1. The van der Waals surface area contributed by atoms with Gasteiger partial charge in [-0.1, -0.05) is 0 Å². The van der Waals surface area contributed by atoms with Gasteiger partial charge < -0.3 is 14.6 Å². The first-order valence-corrected chi connectivity index (χ1v) is 5.89. The highest BCUT2D eigenvalue weighted by molar-refractivity contribution is 7.89. The van der Waals surface area contributed by atoms with Crippen LogP contribution in [0.25, 0.3) is 0 Å². The first kappa shape index (κ1) is 12.7. The predicted octanol–water partition coefficient (Wildman–Crippen LogP) is -0.362. The minimum Gasteiger partial charge on any atom is -0.475 e. The van der Waals surface area contributed by atoms with Gasteiger partial charge in [0.15, 0.2) is 0 Å². The van der Waals surface area contributed by atoms with E-state index in [-0.39, 0.29) is 19.6 Å². The van der Waals surface area contributed by atoms with E-state index in [0.717, 1.165) is 12.1 Å². The van der Waals surface area contributed by atoms with Gasteiger partial charge in [0.2, 0.25) is 10.9 Å². The molecule has 1 rings (SSSR count). The van der Waals surface area contributed by atoms with Crippen LogP contribution in [0.4, 0.5) is 0 Å². The highest BCUT2D eigenvalue weighted by Crippen LogP contribution is 2.13. The van der Waals surface area contributed by atoms with Crippen molar-refractivity contribution in [3.8, 4) is 0 Å². The summed E-state index contributed by atoms with van der Waals surface area (Å²) in [4.78, 5) is 10.5. The number of aliphatic hydroxyl groups is 1. The highest BCUT2D eigenvalue weighted by atomic mass is 32.2. The van der Waals surface area contributed by atoms with Crippen molar-refractivity contribution >= 4 is 16.0 Å². The van der Waals surface area contributed by atoms with Gasteiger partial charge in [0.25, 0.3) is 10.0 Å². The molecule has 0 spiro atoms. The summed E-state index contributed by atoms with van der Waals surface area (Å²) in [5.74, 6) is -1.78. The fourth-order valence-electron chi connectivity index (χ4n) is 0.936. The second-order valence-electron chi connectivity index (χ2n) is 2.90. The third-order valence-corrected chi connectivity index (χ3v) is 3.02. The Morgan fingerprint density at radius 1 is 1.44 bits per heavy atom. The van der Waals surface area contributed by atoms with Gasteiger partial charge in [0.1, 0.15) is 0 Å². The molecule has 8 heteroatoms. The molecule has 0 aliphatic rings. The molecule has 0 bridgehead atoms. The number of carboxylic acid groups (broad SMARTS) is 1. The molecule has 0 fully saturated rings. The Morgan fingerprint density at radius 2 is 2.12 bits per heavy atom. The minimum atomic E-state index is -3.84. The maximum atomic E-state index is 11.5. The van der Waals surface area contributed by atoms with Crippen LogP contribution in [0.1, 0.15) is 17.0 Å². The van der Waals surface area contributed by atoms with E-state index in [4.69, 9.17) is 10.2 Å². The molecule has 90 valence electrons. The second kappa shape index (κ2) is 5.10. The summed E-state index contributed by atoms with van der Waals surface area (Å²) >= 11 is 0. The zero-order chi connectivity index (χ0) is 12.2. The first-order valence-electron chi connectivity index (χ1n) is 4.41. The number of rotatable bonds is 6. The van der Waals surface area contributed by atoms with Crippen molar-refractivity contribution in [2.24, 2.45) is 0 Å². The van der Waals surface area contributed by atoms with Crippen LogP contribution >= 0.6 is 0 Å². The monoisotopic (exact) mass is 249 g/mol. The van der Waals surface area contributed by atoms with Gasteiger partial charge in [-0.05, 0) is 18.6 Å². The van der Waals surface area contributed by atoms with Crippen LogP contribution in [0.5, 0.6) is 0 Å². The number of aliphatic hydroxyl groups excluding tert-OH is 1. The Morgan fingerprint density at radius 3 is 2.62 bits per heavy atom. The van der Waals surface area contributed by atoms with E-state index in [1.165, 1.54) is 0 Å². The Kier molecular flexibility index (Phi) is 4.05. The molecular formula is C8H11NO6S. The Bertz CT molecular complexity index is 463. The highest BCUT2D eigenvalue weighted by Gasteiger charge is 2.20.